The smallest absolute Gasteiger partial charge is 0.259 e. The van der Waals surface area contributed by atoms with Gasteiger partial charge in [-0.3, -0.25) is 9.59 Å². The summed E-state index contributed by atoms with van der Waals surface area (Å²) >= 11 is 0. The molecule has 0 atom stereocenters. The van der Waals surface area contributed by atoms with Gasteiger partial charge in [0.25, 0.3) is 5.91 Å². The molecule has 1 aromatic carbocycles. The second-order valence-electron chi connectivity index (χ2n) is 9.45. The van der Waals surface area contributed by atoms with Crippen LogP contribution in [-0.2, 0) is 17.7 Å². The maximum atomic E-state index is 13.7. The van der Waals surface area contributed by atoms with Gasteiger partial charge < -0.3 is 23.8 Å². The van der Waals surface area contributed by atoms with E-state index in [9.17, 15) is 9.59 Å². The molecule has 2 fully saturated rings. The van der Waals surface area contributed by atoms with Crippen molar-refractivity contribution in [2.24, 2.45) is 5.92 Å². The Balaban J connectivity index is 1.57. The Hall–Kier alpha value is -2.80. The van der Waals surface area contributed by atoms with Gasteiger partial charge in [0.1, 0.15) is 11.3 Å². The van der Waals surface area contributed by atoms with Gasteiger partial charge in [0.05, 0.1) is 13.7 Å². The summed E-state index contributed by atoms with van der Waals surface area (Å²) < 4.78 is 12.8. The number of hydrogen-bond acceptors (Lipinski definition) is 5. The van der Waals surface area contributed by atoms with Crippen LogP contribution in [0.5, 0.6) is 5.75 Å². The van der Waals surface area contributed by atoms with Crippen LogP contribution in [-0.4, -0.2) is 62.4 Å². The zero-order valence-electron chi connectivity index (χ0n) is 20.7. The number of piperazine rings is 1. The predicted octanol–water partition coefficient (Wildman–Crippen LogP) is 3.51. The quantitative estimate of drug-likeness (QED) is 0.595. The van der Waals surface area contributed by atoms with Gasteiger partial charge in [-0.1, -0.05) is 31.7 Å². The van der Waals surface area contributed by atoms with E-state index in [1.807, 2.05) is 30.0 Å². The Labute approximate surface area is 202 Å². The lowest BCUT2D eigenvalue weighted by molar-refractivity contribution is 0.0742. The van der Waals surface area contributed by atoms with Gasteiger partial charge >= 0.3 is 0 Å². The third kappa shape index (κ3) is 5.30. The Bertz CT molecular complexity index is 1050. The van der Waals surface area contributed by atoms with Crippen LogP contribution in [0, 0.1) is 12.8 Å². The van der Waals surface area contributed by atoms with E-state index >= 15 is 0 Å². The zero-order valence-corrected chi connectivity index (χ0v) is 20.7. The van der Waals surface area contributed by atoms with Crippen LogP contribution in [0.25, 0.3) is 0 Å². The Morgan fingerprint density at radius 2 is 1.79 bits per heavy atom. The van der Waals surface area contributed by atoms with Crippen LogP contribution < -0.4 is 15.1 Å². The normalized spacial score (nSPS) is 16.8. The van der Waals surface area contributed by atoms with Crippen molar-refractivity contribution in [3.8, 4) is 5.75 Å². The summed E-state index contributed by atoms with van der Waals surface area (Å²) in [7, 11) is 3.35. The van der Waals surface area contributed by atoms with Crippen molar-refractivity contribution in [1.29, 1.82) is 0 Å². The summed E-state index contributed by atoms with van der Waals surface area (Å²) in [6.07, 6.45) is 5.58. The standard InChI is InChI=1S/C27H37N3O4/c1-20-17-25(31)26(24(30(20)15-16-33-2)18-21-7-4-5-8-21)27(32)29-13-11-28(12-14-29)22-9-6-10-23(19-22)34-3/h6,9-10,17,19,21H,4-5,7-8,11-16,18H2,1-3H3. The highest BCUT2D eigenvalue weighted by Gasteiger charge is 2.29. The molecule has 1 saturated carbocycles. The number of pyridine rings is 1. The molecule has 1 aromatic heterocycles. The molecule has 0 radical (unpaired) electrons. The molecule has 2 aromatic rings. The first-order chi connectivity index (χ1) is 16.5. The van der Waals surface area contributed by atoms with Crippen LogP contribution in [0.3, 0.4) is 0 Å². The molecule has 0 spiro atoms. The van der Waals surface area contributed by atoms with E-state index in [1.54, 1.807) is 20.3 Å². The van der Waals surface area contributed by atoms with Gasteiger partial charge in [0.15, 0.2) is 5.43 Å². The molecule has 34 heavy (non-hydrogen) atoms. The number of anilines is 1. The second-order valence-corrected chi connectivity index (χ2v) is 9.45. The minimum absolute atomic E-state index is 0.130. The molecule has 0 bridgehead atoms. The Morgan fingerprint density at radius 3 is 2.47 bits per heavy atom. The fourth-order valence-corrected chi connectivity index (χ4v) is 5.39. The van der Waals surface area contributed by atoms with Crippen molar-refractivity contribution in [1.82, 2.24) is 9.47 Å². The van der Waals surface area contributed by atoms with Crippen molar-refractivity contribution in [3.63, 3.8) is 0 Å². The molecule has 0 N–H and O–H groups in total. The number of aromatic nitrogens is 1. The molecule has 1 saturated heterocycles. The number of hydrogen-bond donors (Lipinski definition) is 0. The van der Waals surface area contributed by atoms with Gasteiger partial charge in [-0.15, -0.1) is 0 Å². The second kappa shape index (κ2) is 11.1. The molecule has 7 heteroatoms. The van der Waals surface area contributed by atoms with Gasteiger partial charge in [-0.05, 0) is 31.4 Å². The molecule has 184 valence electrons. The van der Waals surface area contributed by atoms with E-state index in [-0.39, 0.29) is 11.3 Å². The average molecular weight is 468 g/mol. The fraction of sp³-hybridized carbons (Fsp3) is 0.556. The van der Waals surface area contributed by atoms with E-state index in [2.05, 4.69) is 15.5 Å². The molecular weight excluding hydrogens is 430 g/mol. The molecule has 4 rings (SSSR count). The number of carbonyl (C=O) groups excluding carboxylic acids is 1. The molecule has 0 unspecified atom stereocenters. The number of rotatable bonds is 8. The molecular formula is C27H37N3O4. The van der Waals surface area contributed by atoms with E-state index in [0.717, 1.165) is 42.3 Å². The van der Waals surface area contributed by atoms with Crippen LogP contribution >= 0.6 is 0 Å². The van der Waals surface area contributed by atoms with Crippen LogP contribution in [0.4, 0.5) is 5.69 Å². The molecule has 7 nitrogen and oxygen atoms in total. The number of amides is 1. The van der Waals surface area contributed by atoms with Gasteiger partial charge in [0, 0.05) is 69.0 Å². The lowest BCUT2D eigenvalue weighted by atomic mass is 9.96. The Kier molecular flexibility index (Phi) is 7.93. The van der Waals surface area contributed by atoms with Crippen molar-refractivity contribution in [2.75, 3.05) is 51.9 Å². The van der Waals surface area contributed by atoms with E-state index < -0.39 is 0 Å². The van der Waals surface area contributed by atoms with Gasteiger partial charge in [0.2, 0.25) is 0 Å². The minimum Gasteiger partial charge on any atom is -0.497 e. The highest BCUT2D eigenvalue weighted by Crippen LogP contribution is 2.29. The first-order valence-corrected chi connectivity index (χ1v) is 12.4. The van der Waals surface area contributed by atoms with Crippen LogP contribution in [0.2, 0.25) is 0 Å². The zero-order chi connectivity index (χ0) is 24.1. The first-order valence-electron chi connectivity index (χ1n) is 12.4. The first kappa shape index (κ1) is 24.3. The third-order valence-electron chi connectivity index (χ3n) is 7.30. The third-order valence-corrected chi connectivity index (χ3v) is 7.30. The number of methoxy groups -OCH3 is 2. The van der Waals surface area contributed by atoms with Crippen LogP contribution in [0.15, 0.2) is 35.1 Å². The highest BCUT2D eigenvalue weighted by atomic mass is 16.5. The number of nitrogens with zero attached hydrogens (tertiary/aromatic N) is 3. The lowest BCUT2D eigenvalue weighted by Gasteiger charge is -2.36. The number of ether oxygens (including phenoxy) is 2. The summed E-state index contributed by atoms with van der Waals surface area (Å²) in [4.78, 5) is 31.0. The summed E-state index contributed by atoms with van der Waals surface area (Å²) in [6, 6.07) is 9.62. The summed E-state index contributed by atoms with van der Waals surface area (Å²) in [5, 5.41) is 0. The Morgan fingerprint density at radius 1 is 1.06 bits per heavy atom. The summed E-state index contributed by atoms with van der Waals surface area (Å²) in [6.45, 7) is 5.77. The van der Waals surface area contributed by atoms with E-state index in [4.69, 9.17) is 9.47 Å². The van der Waals surface area contributed by atoms with Crippen molar-refractivity contribution in [3.05, 3.63) is 57.5 Å². The molecule has 1 aliphatic heterocycles. The minimum atomic E-state index is -0.153. The SMILES string of the molecule is COCCn1c(C)cc(=O)c(C(=O)N2CCN(c3cccc(OC)c3)CC2)c1CC1CCCC1. The summed E-state index contributed by atoms with van der Waals surface area (Å²) in [5.41, 5.74) is 3.09. The number of benzene rings is 1. The highest BCUT2D eigenvalue weighted by molar-refractivity contribution is 5.95. The van der Waals surface area contributed by atoms with Crippen molar-refractivity contribution < 1.29 is 14.3 Å². The average Bonchev–Trinajstić information content (AvgIpc) is 3.37. The lowest BCUT2D eigenvalue weighted by Crippen LogP contribution is -2.50. The monoisotopic (exact) mass is 467 g/mol. The number of aryl methyl sites for hydroxylation is 1. The van der Waals surface area contributed by atoms with Crippen molar-refractivity contribution >= 4 is 11.6 Å². The maximum absolute atomic E-state index is 13.7. The number of carbonyl (C=O) groups is 1. The molecule has 2 aliphatic rings. The molecule has 2 heterocycles. The predicted molar refractivity (Wildman–Crippen MR) is 134 cm³/mol. The molecule has 1 aliphatic carbocycles. The summed E-state index contributed by atoms with van der Waals surface area (Å²) in [5.74, 6) is 1.23. The molecule has 1 amide bonds. The largest absolute Gasteiger partial charge is 0.497 e. The van der Waals surface area contributed by atoms with Gasteiger partial charge in [-0.2, -0.15) is 0 Å². The van der Waals surface area contributed by atoms with Crippen molar-refractivity contribution in [2.45, 2.75) is 45.6 Å². The van der Waals surface area contributed by atoms with E-state index in [1.165, 1.54) is 25.7 Å². The topological polar surface area (TPSA) is 64.0 Å². The van der Waals surface area contributed by atoms with E-state index in [0.29, 0.717) is 37.7 Å². The van der Waals surface area contributed by atoms with Gasteiger partial charge in [-0.25, -0.2) is 0 Å². The fourth-order valence-electron chi connectivity index (χ4n) is 5.39. The van der Waals surface area contributed by atoms with Crippen LogP contribution in [0.1, 0.15) is 47.4 Å². The maximum Gasteiger partial charge on any atom is 0.259 e.